The van der Waals surface area contributed by atoms with Crippen molar-refractivity contribution in [2.75, 3.05) is 17.7 Å². The first kappa shape index (κ1) is 14.4. The molecule has 2 rings (SSSR count). The molecule has 0 saturated heterocycles. The summed E-state index contributed by atoms with van der Waals surface area (Å²) in [4.78, 5) is 23.0. The summed E-state index contributed by atoms with van der Waals surface area (Å²) >= 11 is 0. The third-order valence-corrected chi connectivity index (χ3v) is 2.69. The maximum Gasteiger partial charge on any atom is 0.323 e. The Morgan fingerprint density at radius 2 is 1.48 bits per heavy atom. The molecule has 0 spiro atoms. The van der Waals surface area contributed by atoms with E-state index in [1.807, 2.05) is 0 Å². The molecule has 6 heteroatoms. The van der Waals surface area contributed by atoms with Crippen molar-refractivity contribution in [1.82, 2.24) is 0 Å². The van der Waals surface area contributed by atoms with Crippen molar-refractivity contribution in [2.24, 2.45) is 0 Å². The molecule has 0 aliphatic carbocycles. The SMILES string of the molecule is COc1ccc(NC(=O)Nc2ccc(O)c(=O)cc2)cc1. The van der Waals surface area contributed by atoms with Gasteiger partial charge in [0.1, 0.15) is 5.75 Å². The van der Waals surface area contributed by atoms with Gasteiger partial charge >= 0.3 is 6.03 Å². The van der Waals surface area contributed by atoms with E-state index in [1.54, 1.807) is 31.4 Å². The molecule has 0 aromatic heterocycles. The van der Waals surface area contributed by atoms with Crippen LogP contribution in [-0.2, 0) is 0 Å². The molecule has 108 valence electrons. The first-order valence-electron chi connectivity index (χ1n) is 6.14. The van der Waals surface area contributed by atoms with Crippen LogP contribution < -0.4 is 20.8 Å². The fraction of sp³-hybridized carbons (Fsp3) is 0.0667. The number of nitrogens with one attached hydrogen (secondary N) is 2. The van der Waals surface area contributed by atoms with E-state index in [-0.39, 0.29) is 5.75 Å². The average Bonchev–Trinajstić information content (AvgIpc) is 2.64. The number of ether oxygens (including phenoxy) is 1. The highest BCUT2D eigenvalue weighted by molar-refractivity contribution is 5.99. The van der Waals surface area contributed by atoms with Crippen LogP contribution in [0.4, 0.5) is 16.2 Å². The van der Waals surface area contributed by atoms with Crippen LogP contribution in [0.2, 0.25) is 0 Å². The summed E-state index contributed by atoms with van der Waals surface area (Å²) in [5.41, 5.74) is 0.470. The standard InChI is InChI=1S/C15H14N2O4/c1-21-12-6-2-10(3-7-12)16-15(20)17-11-4-8-13(18)14(19)9-5-11/h2-9H,1H3,(H,18,19)(H2,16,17,20). The van der Waals surface area contributed by atoms with E-state index < -0.39 is 11.5 Å². The predicted octanol–water partition coefficient (Wildman–Crippen LogP) is 2.41. The Balaban J connectivity index is 2.04. The van der Waals surface area contributed by atoms with Gasteiger partial charge in [-0.3, -0.25) is 4.79 Å². The lowest BCUT2D eigenvalue weighted by atomic mass is 10.3. The van der Waals surface area contributed by atoms with E-state index in [9.17, 15) is 14.7 Å². The normalized spacial score (nSPS) is 9.76. The maximum atomic E-state index is 11.8. The van der Waals surface area contributed by atoms with E-state index in [1.165, 1.54) is 24.3 Å². The molecule has 0 aliphatic rings. The highest BCUT2D eigenvalue weighted by Crippen LogP contribution is 2.15. The van der Waals surface area contributed by atoms with Crippen molar-refractivity contribution in [3.63, 3.8) is 0 Å². The lowest BCUT2D eigenvalue weighted by molar-refractivity contribution is 0.262. The molecule has 2 amide bonds. The van der Waals surface area contributed by atoms with Gasteiger partial charge in [0.25, 0.3) is 0 Å². The number of carbonyl (C=O) groups is 1. The summed E-state index contributed by atoms with van der Waals surface area (Å²) in [6.45, 7) is 0. The zero-order valence-electron chi connectivity index (χ0n) is 11.3. The van der Waals surface area contributed by atoms with Gasteiger partial charge in [0.05, 0.1) is 7.11 Å². The van der Waals surface area contributed by atoms with Crippen LogP contribution in [-0.4, -0.2) is 18.2 Å². The third kappa shape index (κ3) is 3.97. The summed E-state index contributed by atoms with van der Waals surface area (Å²) in [5.74, 6) is 0.313. The van der Waals surface area contributed by atoms with Crippen molar-refractivity contribution < 1.29 is 14.6 Å². The number of carbonyl (C=O) groups excluding carboxylic acids is 1. The zero-order chi connectivity index (χ0) is 15.2. The molecular weight excluding hydrogens is 272 g/mol. The minimum absolute atomic E-state index is 0.376. The summed E-state index contributed by atoms with van der Waals surface area (Å²) in [6.07, 6.45) is 0. The second kappa shape index (κ2) is 6.42. The third-order valence-electron chi connectivity index (χ3n) is 2.69. The smallest absolute Gasteiger partial charge is 0.323 e. The fourth-order valence-electron chi connectivity index (χ4n) is 1.61. The Morgan fingerprint density at radius 1 is 0.952 bits per heavy atom. The highest BCUT2D eigenvalue weighted by atomic mass is 16.5. The molecule has 2 aromatic carbocycles. The Labute approximate surface area is 121 Å². The van der Waals surface area contributed by atoms with E-state index in [0.29, 0.717) is 17.1 Å². The van der Waals surface area contributed by atoms with Crippen molar-refractivity contribution in [3.8, 4) is 11.5 Å². The van der Waals surface area contributed by atoms with Gasteiger partial charge in [-0.05, 0) is 48.5 Å². The van der Waals surface area contributed by atoms with Gasteiger partial charge in [0, 0.05) is 11.4 Å². The van der Waals surface area contributed by atoms with E-state index >= 15 is 0 Å². The Kier molecular flexibility index (Phi) is 4.40. The Bertz CT molecular complexity index is 699. The van der Waals surface area contributed by atoms with Crippen molar-refractivity contribution >= 4 is 17.4 Å². The molecule has 0 fully saturated rings. The molecule has 0 unspecified atom stereocenters. The van der Waals surface area contributed by atoms with Gasteiger partial charge in [0.2, 0.25) is 5.43 Å². The lowest BCUT2D eigenvalue weighted by Gasteiger charge is -2.07. The minimum Gasteiger partial charge on any atom is -0.504 e. The van der Waals surface area contributed by atoms with Crippen LogP contribution >= 0.6 is 0 Å². The number of aromatic hydroxyl groups is 1. The molecule has 0 saturated carbocycles. The van der Waals surface area contributed by atoms with E-state index in [4.69, 9.17) is 4.74 Å². The van der Waals surface area contributed by atoms with Crippen LogP contribution in [0.25, 0.3) is 0 Å². The van der Waals surface area contributed by atoms with Crippen LogP contribution in [0, 0.1) is 0 Å². The monoisotopic (exact) mass is 286 g/mol. The number of urea groups is 1. The number of hydrogen-bond acceptors (Lipinski definition) is 4. The predicted molar refractivity (Wildman–Crippen MR) is 80.0 cm³/mol. The van der Waals surface area contributed by atoms with Crippen LogP contribution in [0.15, 0.2) is 53.3 Å². The fourth-order valence-corrected chi connectivity index (χ4v) is 1.61. The van der Waals surface area contributed by atoms with Gasteiger partial charge in [-0.25, -0.2) is 4.79 Å². The molecule has 6 nitrogen and oxygen atoms in total. The number of methoxy groups -OCH3 is 1. The number of amides is 2. The molecular formula is C15H14N2O4. The summed E-state index contributed by atoms with van der Waals surface area (Å²) in [5, 5.41) is 14.5. The van der Waals surface area contributed by atoms with Gasteiger partial charge in [-0.2, -0.15) is 0 Å². The van der Waals surface area contributed by atoms with Gasteiger partial charge in [-0.15, -0.1) is 0 Å². The van der Waals surface area contributed by atoms with Gasteiger partial charge < -0.3 is 20.5 Å². The molecule has 0 aliphatic heterocycles. The molecule has 21 heavy (non-hydrogen) atoms. The molecule has 0 heterocycles. The summed E-state index contributed by atoms with van der Waals surface area (Å²) in [6, 6.07) is 11.6. The summed E-state index contributed by atoms with van der Waals surface area (Å²) in [7, 11) is 1.56. The largest absolute Gasteiger partial charge is 0.504 e. The first-order chi connectivity index (χ1) is 10.1. The van der Waals surface area contributed by atoms with Crippen LogP contribution in [0.1, 0.15) is 0 Å². The Hall–Kier alpha value is -3.02. The second-order valence-electron chi connectivity index (χ2n) is 4.18. The summed E-state index contributed by atoms with van der Waals surface area (Å²) < 4.78 is 5.02. The van der Waals surface area contributed by atoms with Crippen LogP contribution in [0.3, 0.4) is 0 Å². The number of rotatable bonds is 3. The van der Waals surface area contributed by atoms with E-state index in [2.05, 4.69) is 10.6 Å². The maximum absolute atomic E-state index is 11.8. The van der Waals surface area contributed by atoms with Crippen molar-refractivity contribution in [2.45, 2.75) is 0 Å². The first-order valence-corrected chi connectivity index (χ1v) is 6.14. The molecule has 0 radical (unpaired) electrons. The topological polar surface area (TPSA) is 87.7 Å². The highest BCUT2D eigenvalue weighted by Gasteiger charge is 2.03. The quantitative estimate of drug-likeness (QED) is 0.808. The van der Waals surface area contributed by atoms with Crippen molar-refractivity contribution in [3.05, 3.63) is 58.8 Å². The Morgan fingerprint density at radius 3 is 2.05 bits per heavy atom. The van der Waals surface area contributed by atoms with Crippen LogP contribution in [0.5, 0.6) is 11.5 Å². The number of hydrogen-bond donors (Lipinski definition) is 3. The molecule has 0 atom stereocenters. The zero-order valence-corrected chi connectivity index (χ0v) is 11.3. The molecule has 2 aromatic rings. The minimum atomic E-state index is -0.515. The lowest BCUT2D eigenvalue weighted by Crippen LogP contribution is -2.19. The molecule has 3 N–H and O–H groups in total. The van der Waals surface area contributed by atoms with Gasteiger partial charge in [-0.1, -0.05) is 0 Å². The average molecular weight is 286 g/mol. The van der Waals surface area contributed by atoms with Gasteiger partial charge in [0.15, 0.2) is 5.75 Å². The van der Waals surface area contributed by atoms with Crippen molar-refractivity contribution in [1.29, 1.82) is 0 Å². The second-order valence-corrected chi connectivity index (χ2v) is 4.18. The molecule has 0 bridgehead atoms. The number of anilines is 2. The number of benzene rings is 1. The van der Waals surface area contributed by atoms with E-state index in [0.717, 1.165) is 0 Å².